The predicted octanol–water partition coefficient (Wildman–Crippen LogP) is 2.81. The van der Waals surface area contributed by atoms with Gasteiger partial charge >= 0.3 is 6.03 Å². The molecule has 2 heterocycles. The zero-order valence-corrected chi connectivity index (χ0v) is 16.7. The van der Waals surface area contributed by atoms with E-state index < -0.39 is 0 Å². The summed E-state index contributed by atoms with van der Waals surface area (Å²) < 4.78 is 5.46. The molecule has 1 aliphatic heterocycles. The van der Waals surface area contributed by atoms with Crippen LogP contribution in [0, 0.1) is 0 Å². The first kappa shape index (κ1) is 20.8. The highest BCUT2D eigenvalue weighted by Crippen LogP contribution is 2.14. The van der Waals surface area contributed by atoms with Crippen molar-refractivity contribution in [2.24, 2.45) is 0 Å². The summed E-state index contributed by atoms with van der Waals surface area (Å²) in [6.07, 6.45) is 2.26. The van der Waals surface area contributed by atoms with Gasteiger partial charge in [-0.1, -0.05) is 6.07 Å². The van der Waals surface area contributed by atoms with E-state index >= 15 is 0 Å². The van der Waals surface area contributed by atoms with E-state index in [-0.39, 0.29) is 36.9 Å². The van der Waals surface area contributed by atoms with Crippen LogP contribution < -0.4 is 21.3 Å². The molecule has 1 fully saturated rings. The molecule has 29 heavy (non-hydrogen) atoms. The lowest BCUT2D eigenvalue weighted by atomic mass is 10.2. The smallest absolute Gasteiger partial charge is 0.319 e. The summed E-state index contributed by atoms with van der Waals surface area (Å²) in [5, 5.41) is 12.8. The number of carbonyl (C=O) groups is 3. The van der Waals surface area contributed by atoms with Crippen molar-refractivity contribution in [2.75, 3.05) is 30.3 Å². The van der Waals surface area contributed by atoms with Crippen LogP contribution in [0.5, 0.6) is 0 Å². The van der Waals surface area contributed by atoms with Crippen LogP contribution in [0.15, 0.2) is 41.8 Å². The molecule has 3 rings (SSSR count). The quantitative estimate of drug-likeness (QED) is 0.531. The lowest BCUT2D eigenvalue weighted by Crippen LogP contribution is -2.35. The number of anilines is 2. The molecule has 0 aliphatic carbocycles. The highest BCUT2D eigenvalue weighted by atomic mass is 32.1. The Labute approximate surface area is 173 Å². The molecule has 0 spiro atoms. The van der Waals surface area contributed by atoms with Crippen molar-refractivity contribution < 1.29 is 19.1 Å². The standard InChI is InChI=1S/C20H24N4O4S/c25-18(9-10-21-19(26)17-4-2-12-29-17)23-14-5-7-15(8-6-14)24-20(27)22-13-16-3-1-11-28-16/h2,4-8,12,16H,1,3,9-11,13H2,(H,21,26)(H,23,25)(H2,22,24,27). The average molecular weight is 417 g/mol. The fraction of sp³-hybridized carbons (Fsp3) is 0.350. The van der Waals surface area contributed by atoms with Gasteiger partial charge in [-0.25, -0.2) is 4.79 Å². The van der Waals surface area contributed by atoms with Gasteiger partial charge in [0.2, 0.25) is 5.91 Å². The molecule has 154 valence electrons. The summed E-state index contributed by atoms with van der Waals surface area (Å²) in [6.45, 7) is 1.50. The molecule has 1 atom stereocenters. The third-order valence-corrected chi connectivity index (χ3v) is 5.19. The normalized spacial score (nSPS) is 15.5. The number of nitrogens with one attached hydrogen (secondary N) is 4. The van der Waals surface area contributed by atoms with Crippen molar-refractivity contribution in [3.8, 4) is 0 Å². The minimum atomic E-state index is -0.293. The van der Waals surface area contributed by atoms with Gasteiger partial charge < -0.3 is 26.0 Å². The van der Waals surface area contributed by atoms with Crippen molar-refractivity contribution in [3.63, 3.8) is 0 Å². The Balaban J connectivity index is 1.35. The van der Waals surface area contributed by atoms with Crippen LogP contribution in [-0.2, 0) is 9.53 Å². The summed E-state index contributed by atoms with van der Waals surface area (Å²) in [7, 11) is 0. The van der Waals surface area contributed by atoms with Gasteiger partial charge in [0.05, 0.1) is 11.0 Å². The number of amides is 4. The fourth-order valence-corrected chi connectivity index (χ4v) is 3.47. The molecule has 0 saturated carbocycles. The van der Waals surface area contributed by atoms with Crippen LogP contribution >= 0.6 is 11.3 Å². The van der Waals surface area contributed by atoms with Gasteiger partial charge in [-0.2, -0.15) is 0 Å². The Morgan fingerprint density at radius 1 is 1.03 bits per heavy atom. The largest absolute Gasteiger partial charge is 0.376 e. The van der Waals surface area contributed by atoms with Gasteiger partial charge in [0, 0.05) is 37.5 Å². The second-order valence-corrected chi connectivity index (χ2v) is 7.53. The molecule has 2 aromatic rings. The highest BCUT2D eigenvalue weighted by molar-refractivity contribution is 7.12. The van der Waals surface area contributed by atoms with Gasteiger partial charge in [-0.05, 0) is 48.6 Å². The molecule has 1 aromatic heterocycles. The van der Waals surface area contributed by atoms with Gasteiger partial charge in [0.1, 0.15) is 0 Å². The molecule has 0 radical (unpaired) electrons. The van der Waals surface area contributed by atoms with Gasteiger partial charge in [0.15, 0.2) is 0 Å². The number of hydrogen-bond acceptors (Lipinski definition) is 5. The Hall–Kier alpha value is -2.91. The summed E-state index contributed by atoms with van der Waals surface area (Å²) in [5.41, 5.74) is 1.24. The van der Waals surface area contributed by atoms with Crippen molar-refractivity contribution in [1.29, 1.82) is 0 Å². The monoisotopic (exact) mass is 416 g/mol. The van der Waals surface area contributed by atoms with Gasteiger partial charge in [0.25, 0.3) is 5.91 Å². The maximum Gasteiger partial charge on any atom is 0.319 e. The van der Waals surface area contributed by atoms with Crippen LogP contribution in [0.3, 0.4) is 0 Å². The Bertz CT molecular complexity index is 818. The average Bonchev–Trinajstić information content (AvgIpc) is 3.42. The topological polar surface area (TPSA) is 109 Å². The van der Waals surface area contributed by atoms with Crippen LogP contribution in [0.25, 0.3) is 0 Å². The Kier molecular flexibility index (Phi) is 7.60. The second kappa shape index (κ2) is 10.6. The fourth-order valence-electron chi connectivity index (χ4n) is 2.83. The van der Waals surface area contributed by atoms with E-state index in [1.807, 2.05) is 5.38 Å². The molecule has 9 heteroatoms. The zero-order chi connectivity index (χ0) is 20.5. The number of hydrogen-bond donors (Lipinski definition) is 4. The zero-order valence-electron chi connectivity index (χ0n) is 15.9. The Morgan fingerprint density at radius 3 is 2.45 bits per heavy atom. The summed E-state index contributed by atoms with van der Waals surface area (Å²) in [5.74, 6) is -0.382. The molecule has 8 nitrogen and oxygen atoms in total. The maximum atomic E-state index is 12.0. The van der Waals surface area contributed by atoms with Crippen molar-refractivity contribution in [1.82, 2.24) is 10.6 Å². The van der Waals surface area contributed by atoms with Gasteiger partial charge in [-0.3, -0.25) is 9.59 Å². The molecular formula is C20H24N4O4S. The van der Waals surface area contributed by atoms with E-state index in [0.29, 0.717) is 22.8 Å². The van der Waals surface area contributed by atoms with E-state index in [1.165, 1.54) is 11.3 Å². The summed E-state index contributed by atoms with van der Waals surface area (Å²) >= 11 is 1.35. The molecule has 1 unspecified atom stereocenters. The second-order valence-electron chi connectivity index (χ2n) is 6.58. The Morgan fingerprint density at radius 2 is 1.79 bits per heavy atom. The summed E-state index contributed by atoms with van der Waals surface area (Å²) in [4.78, 5) is 36.3. The van der Waals surface area contributed by atoms with Crippen LogP contribution in [0.2, 0.25) is 0 Å². The van der Waals surface area contributed by atoms with Crippen molar-refractivity contribution in [2.45, 2.75) is 25.4 Å². The van der Waals surface area contributed by atoms with E-state index in [1.54, 1.807) is 36.4 Å². The SMILES string of the molecule is O=C(CCNC(=O)c1cccs1)Nc1ccc(NC(=O)NCC2CCCO2)cc1. The first-order chi connectivity index (χ1) is 14.1. The number of carbonyl (C=O) groups excluding carboxylic acids is 3. The molecule has 1 aliphatic rings. The van der Waals surface area contributed by atoms with Crippen LogP contribution in [0.4, 0.5) is 16.2 Å². The minimum absolute atomic E-state index is 0.0911. The first-order valence-electron chi connectivity index (χ1n) is 9.48. The molecule has 1 aromatic carbocycles. The number of benzene rings is 1. The van der Waals surface area contributed by atoms with Gasteiger partial charge in [-0.15, -0.1) is 11.3 Å². The predicted molar refractivity (Wildman–Crippen MR) is 112 cm³/mol. The number of ether oxygens (including phenoxy) is 1. The van der Waals surface area contributed by atoms with Crippen molar-refractivity contribution in [3.05, 3.63) is 46.7 Å². The summed E-state index contributed by atoms with van der Waals surface area (Å²) in [6, 6.07) is 10.1. The van der Waals surface area contributed by atoms with E-state index in [4.69, 9.17) is 4.74 Å². The maximum absolute atomic E-state index is 12.0. The third-order valence-electron chi connectivity index (χ3n) is 4.32. The molecule has 0 bridgehead atoms. The van der Waals surface area contributed by atoms with Crippen LogP contribution in [-0.4, -0.2) is 43.6 Å². The molecule has 4 N–H and O–H groups in total. The molecule has 1 saturated heterocycles. The molecular weight excluding hydrogens is 392 g/mol. The number of thiophene rings is 1. The highest BCUT2D eigenvalue weighted by Gasteiger charge is 2.16. The van der Waals surface area contributed by atoms with E-state index in [9.17, 15) is 14.4 Å². The van der Waals surface area contributed by atoms with Crippen molar-refractivity contribution >= 4 is 40.6 Å². The minimum Gasteiger partial charge on any atom is -0.376 e. The van der Waals surface area contributed by atoms with E-state index in [2.05, 4.69) is 21.3 Å². The number of urea groups is 1. The lowest BCUT2D eigenvalue weighted by Gasteiger charge is -2.12. The first-order valence-corrected chi connectivity index (χ1v) is 10.4. The lowest BCUT2D eigenvalue weighted by molar-refractivity contribution is -0.116. The van der Waals surface area contributed by atoms with E-state index in [0.717, 1.165) is 19.4 Å². The third kappa shape index (κ3) is 6.88. The number of rotatable bonds is 8. The van der Waals surface area contributed by atoms with Crippen LogP contribution in [0.1, 0.15) is 28.9 Å². The molecule has 4 amide bonds.